The summed E-state index contributed by atoms with van der Waals surface area (Å²) in [4.78, 5) is 30.6. The van der Waals surface area contributed by atoms with Gasteiger partial charge in [-0.25, -0.2) is 4.39 Å². The third kappa shape index (κ3) is 2.97. The van der Waals surface area contributed by atoms with Gasteiger partial charge in [-0.15, -0.1) is 0 Å². The van der Waals surface area contributed by atoms with Gasteiger partial charge < -0.3 is 15.2 Å². The van der Waals surface area contributed by atoms with E-state index in [1.165, 1.54) is 12.1 Å². The summed E-state index contributed by atoms with van der Waals surface area (Å²) in [6.45, 7) is 4.69. The number of carbonyl (C=O) groups excluding carboxylic acids is 2. The predicted octanol–water partition coefficient (Wildman–Crippen LogP) is 3.24. The number of hydrogen-bond donors (Lipinski definition) is 2. The van der Waals surface area contributed by atoms with Crippen molar-refractivity contribution in [2.24, 2.45) is 0 Å². The first-order chi connectivity index (χ1) is 13.0. The zero-order chi connectivity index (χ0) is 19.1. The van der Waals surface area contributed by atoms with Gasteiger partial charge in [0.15, 0.2) is 0 Å². The van der Waals surface area contributed by atoms with Gasteiger partial charge in [0.25, 0.3) is 5.91 Å². The molecule has 0 aliphatic carbocycles. The van der Waals surface area contributed by atoms with Crippen molar-refractivity contribution in [2.45, 2.75) is 19.9 Å². The molecule has 0 spiro atoms. The van der Waals surface area contributed by atoms with Gasteiger partial charge in [0, 0.05) is 24.0 Å². The molecule has 5 nitrogen and oxygen atoms in total. The number of nitrogens with zero attached hydrogens (tertiary/aromatic N) is 1. The molecule has 0 unspecified atom stereocenters. The quantitative estimate of drug-likeness (QED) is 0.732. The summed E-state index contributed by atoms with van der Waals surface area (Å²) < 4.78 is 13.3. The summed E-state index contributed by atoms with van der Waals surface area (Å²) in [6, 6.07) is 10.9. The van der Waals surface area contributed by atoms with Crippen LogP contribution in [0.25, 0.3) is 10.9 Å². The number of hydrogen-bond acceptors (Lipinski definition) is 2. The predicted molar refractivity (Wildman–Crippen MR) is 101 cm³/mol. The number of rotatable bonds is 2. The fourth-order valence-electron chi connectivity index (χ4n) is 3.66. The van der Waals surface area contributed by atoms with Crippen molar-refractivity contribution in [2.75, 3.05) is 13.1 Å². The summed E-state index contributed by atoms with van der Waals surface area (Å²) >= 11 is 0. The van der Waals surface area contributed by atoms with Crippen LogP contribution in [0.2, 0.25) is 0 Å². The van der Waals surface area contributed by atoms with E-state index in [1.807, 2.05) is 32.0 Å². The first-order valence-corrected chi connectivity index (χ1v) is 8.89. The molecule has 1 aliphatic heterocycles. The number of carbonyl (C=O) groups is 2. The van der Waals surface area contributed by atoms with Crippen LogP contribution in [0.15, 0.2) is 42.5 Å². The molecule has 0 saturated carbocycles. The number of aryl methyl sites for hydroxylation is 2. The lowest BCUT2D eigenvalue weighted by Crippen LogP contribution is -2.52. The van der Waals surface area contributed by atoms with Crippen LogP contribution in [0.4, 0.5) is 4.39 Å². The second kappa shape index (κ2) is 6.54. The average Bonchev–Trinajstić information content (AvgIpc) is 2.98. The molecule has 4 rings (SSSR count). The van der Waals surface area contributed by atoms with Crippen LogP contribution < -0.4 is 5.32 Å². The largest absolute Gasteiger partial charge is 0.352 e. The van der Waals surface area contributed by atoms with Crippen molar-refractivity contribution < 1.29 is 14.0 Å². The number of aromatic amines is 1. The average molecular weight is 365 g/mol. The topological polar surface area (TPSA) is 65.2 Å². The van der Waals surface area contributed by atoms with E-state index in [4.69, 9.17) is 0 Å². The molecule has 27 heavy (non-hydrogen) atoms. The Morgan fingerprint density at radius 2 is 1.89 bits per heavy atom. The van der Waals surface area contributed by atoms with Crippen LogP contribution in [0.3, 0.4) is 0 Å². The molecule has 3 aromatic rings. The summed E-state index contributed by atoms with van der Waals surface area (Å²) in [7, 11) is 0. The van der Waals surface area contributed by atoms with Crippen molar-refractivity contribution >= 4 is 22.7 Å². The van der Waals surface area contributed by atoms with Crippen LogP contribution in [0.5, 0.6) is 0 Å². The van der Waals surface area contributed by atoms with E-state index in [9.17, 15) is 14.0 Å². The fourth-order valence-corrected chi connectivity index (χ4v) is 3.66. The monoisotopic (exact) mass is 365 g/mol. The van der Waals surface area contributed by atoms with E-state index in [1.54, 1.807) is 17.0 Å². The Kier molecular flexibility index (Phi) is 4.18. The Bertz CT molecular complexity index is 1040. The summed E-state index contributed by atoms with van der Waals surface area (Å²) in [5, 5.41) is 3.79. The summed E-state index contributed by atoms with van der Waals surface area (Å²) in [6.07, 6.45) is 0. The van der Waals surface area contributed by atoms with E-state index >= 15 is 0 Å². The molecular formula is C21H20FN3O2. The molecule has 0 radical (unpaired) electrons. The highest BCUT2D eigenvalue weighted by atomic mass is 19.1. The SMILES string of the molecule is Cc1ccc2[nH]c(C(=O)N3CCNC(=O)[C@H]3c3ccc(F)cc3)c(C)c2c1. The van der Waals surface area contributed by atoms with E-state index in [-0.39, 0.29) is 17.6 Å². The number of benzene rings is 2. The number of piperazine rings is 1. The number of nitrogens with one attached hydrogen (secondary N) is 2. The molecule has 0 bridgehead atoms. The Hall–Kier alpha value is -3.15. The maximum absolute atomic E-state index is 13.3. The van der Waals surface area contributed by atoms with Gasteiger partial charge in [0.05, 0.1) is 0 Å². The van der Waals surface area contributed by atoms with Gasteiger partial charge in [-0.3, -0.25) is 9.59 Å². The lowest BCUT2D eigenvalue weighted by Gasteiger charge is -2.35. The second-order valence-corrected chi connectivity index (χ2v) is 6.92. The maximum atomic E-state index is 13.3. The van der Waals surface area contributed by atoms with Gasteiger partial charge in [-0.1, -0.05) is 23.8 Å². The Balaban J connectivity index is 1.75. The molecule has 6 heteroatoms. The molecule has 2 aromatic carbocycles. The fraction of sp³-hybridized carbons (Fsp3) is 0.238. The van der Waals surface area contributed by atoms with Crippen LogP contribution in [0, 0.1) is 19.7 Å². The minimum atomic E-state index is -0.778. The van der Waals surface area contributed by atoms with E-state index in [2.05, 4.69) is 10.3 Å². The number of H-pyrrole nitrogens is 1. The van der Waals surface area contributed by atoms with Crippen LogP contribution in [-0.4, -0.2) is 34.8 Å². The Morgan fingerprint density at radius 3 is 2.63 bits per heavy atom. The van der Waals surface area contributed by atoms with E-state index in [0.717, 1.165) is 22.0 Å². The van der Waals surface area contributed by atoms with Crippen LogP contribution >= 0.6 is 0 Å². The maximum Gasteiger partial charge on any atom is 0.271 e. The highest BCUT2D eigenvalue weighted by molar-refractivity contribution is 6.03. The zero-order valence-electron chi connectivity index (χ0n) is 15.2. The molecule has 1 aromatic heterocycles. The van der Waals surface area contributed by atoms with Gasteiger partial charge in [0.1, 0.15) is 17.6 Å². The van der Waals surface area contributed by atoms with E-state index in [0.29, 0.717) is 24.3 Å². The van der Waals surface area contributed by atoms with Crippen LogP contribution in [0.1, 0.15) is 33.2 Å². The van der Waals surface area contributed by atoms with Crippen molar-refractivity contribution in [1.29, 1.82) is 0 Å². The molecule has 2 heterocycles. The van der Waals surface area contributed by atoms with Gasteiger partial charge >= 0.3 is 0 Å². The van der Waals surface area contributed by atoms with Crippen molar-refractivity contribution in [3.63, 3.8) is 0 Å². The molecular weight excluding hydrogens is 345 g/mol. The van der Waals surface area contributed by atoms with Crippen molar-refractivity contribution in [1.82, 2.24) is 15.2 Å². The normalized spacial score (nSPS) is 17.2. The van der Waals surface area contributed by atoms with Gasteiger partial charge in [0.2, 0.25) is 5.91 Å². The second-order valence-electron chi connectivity index (χ2n) is 6.92. The Morgan fingerprint density at radius 1 is 1.15 bits per heavy atom. The number of halogens is 1. The first-order valence-electron chi connectivity index (χ1n) is 8.89. The minimum Gasteiger partial charge on any atom is -0.352 e. The molecule has 138 valence electrons. The smallest absolute Gasteiger partial charge is 0.271 e. The van der Waals surface area contributed by atoms with Gasteiger partial charge in [-0.2, -0.15) is 0 Å². The number of aromatic nitrogens is 1. The minimum absolute atomic E-state index is 0.231. The van der Waals surface area contributed by atoms with Crippen molar-refractivity contribution in [3.05, 3.63) is 70.7 Å². The molecule has 2 amide bonds. The Labute approximate surface area is 156 Å². The molecule has 2 N–H and O–H groups in total. The van der Waals surface area contributed by atoms with E-state index < -0.39 is 6.04 Å². The highest BCUT2D eigenvalue weighted by Crippen LogP contribution is 2.29. The molecule has 1 saturated heterocycles. The zero-order valence-corrected chi connectivity index (χ0v) is 15.2. The van der Waals surface area contributed by atoms with Crippen molar-refractivity contribution in [3.8, 4) is 0 Å². The number of fused-ring (bicyclic) bond motifs is 1. The third-order valence-electron chi connectivity index (χ3n) is 5.09. The van der Waals surface area contributed by atoms with Gasteiger partial charge in [-0.05, 0) is 49.2 Å². The first kappa shape index (κ1) is 17.3. The lowest BCUT2D eigenvalue weighted by molar-refractivity contribution is -0.128. The third-order valence-corrected chi connectivity index (χ3v) is 5.09. The molecule has 1 aliphatic rings. The lowest BCUT2D eigenvalue weighted by atomic mass is 10.0. The summed E-state index contributed by atoms with van der Waals surface area (Å²) in [5.74, 6) is -0.869. The standard InChI is InChI=1S/C21H20FN3O2/c1-12-3-8-17-16(11-12)13(2)18(24-17)21(27)25-10-9-23-20(26)19(25)14-4-6-15(22)7-5-14/h3-8,11,19,24H,9-10H2,1-2H3,(H,23,26)/t19-/m1/s1. The number of amides is 2. The molecule has 1 fully saturated rings. The summed E-state index contributed by atoms with van der Waals surface area (Å²) in [5.41, 5.74) is 3.94. The molecule has 1 atom stereocenters. The highest BCUT2D eigenvalue weighted by Gasteiger charge is 2.36. The van der Waals surface area contributed by atoms with Crippen LogP contribution in [-0.2, 0) is 4.79 Å².